The minimum absolute atomic E-state index is 0.0176. The summed E-state index contributed by atoms with van der Waals surface area (Å²) in [6, 6.07) is 6.08. The van der Waals surface area contributed by atoms with Crippen LogP contribution in [-0.4, -0.2) is 57.2 Å². The number of rotatable bonds is 7. The Kier molecular flexibility index (Phi) is 5.38. The number of sulfonamides is 1. The van der Waals surface area contributed by atoms with Crippen molar-refractivity contribution < 1.29 is 27.8 Å². The van der Waals surface area contributed by atoms with E-state index in [0.717, 1.165) is 0 Å². The summed E-state index contributed by atoms with van der Waals surface area (Å²) in [7, 11) is -2.09. The van der Waals surface area contributed by atoms with Crippen molar-refractivity contribution in [2.45, 2.75) is 11.3 Å². The van der Waals surface area contributed by atoms with Crippen molar-refractivity contribution in [3.63, 3.8) is 0 Å². The van der Waals surface area contributed by atoms with E-state index in [-0.39, 0.29) is 18.0 Å². The third-order valence-corrected chi connectivity index (χ3v) is 5.40. The summed E-state index contributed by atoms with van der Waals surface area (Å²) < 4.78 is 36.3. The minimum atomic E-state index is -3.66. The lowest BCUT2D eigenvalue weighted by atomic mass is 10.1. The van der Waals surface area contributed by atoms with E-state index in [1.807, 2.05) is 0 Å². The van der Waals surface area contributed by atoms with Crippen molar-refractivity contribution in [2.24, 2.45) is 5.92 Å². The van der Waals surface area contributed by atoms with Gasteiger partial charge in [0, 0.05) is 20.2 Å². The van der Waals surface area contributed by atoms with E-state index in [2.05, 4.69) is 0 Å². The molecule has 1 fully saturated rings. The molecule has 8 heteroatoms. The third kappa shape index (κ3) is 3.76. The van der Waals surface area contributed by atoms with Crippen LogP contribution < -0.4 is 4.74 Å². The van der Waals surface area contributed by atoms with Gasteiger partial charge in [0.15, 0.2) is 0 Å². The average Bonchev–Trinajstić information content (AvgIpc) is 2.99. The summed E-state index contributed by atoms with van der Waals surface area (Å²) >= 11 is 0. The Balaban J connectivity index is 2.05. The number of methoxy groups -OCH3 is 1. The van der Waals surface area contributed by atoms with E-state index in [4.69, 9.17) is 14.6 Å². The molecule has 122 valence electrons. The number of ether oxygens (including phenoxy) is 2. The number of hydrogen-bond acceptors (Lipinski definition) is 5. The van der Waals surface area contributed by atoms with Gasteiger partial charge in [-0.05, 0) is 30.7 Å². The standard InChI is InChI=1S/C14H19NO6S/c1-20-8-9-21-12-2-4-13(5-3-12)22(18,19)15-7-6-11(10-15)14(16)17/h2-5,11H,6-10H2,1H3,(H,16,17). The molecule has 0 amide bonds. The van der Waals surface area contributed by atoms with Crippen LogP contribution in [0.15, 0.2) is 29.2 Å². The van der Waals surface area contributed by atoms with Gasteiger partial charge in [-0.1, -0.05) is 0 Å². The van der Waals surface area contributed by atoms with E-state index >= 15 is 0 Å². The van der Waals surface area contributed by atoms with Crippen LogP contribution in [0, 0.1) is 5.92 Å². The van der Waals surface area contributed by atoms with Gasteiger partial charge in [0.1, 0.15) is 12.4 Å². The molecule has 1 aromatic rings. The van der Waals surface area contributed by atoms with Crippen LogP contribution in [0.3, 0.4) is 0 Å². The first-order valence-electron chi connectivity index (χ1n) is 6.90. The van der Waals surface area contributed by atoms with E-state index < -0.39 is 21.9 Å². The molecule has 0 bridgehead atoms. The molecule has 1 N–H and O–H groups in total. The van der Waals surface area contributed by atoms with Gasteiger partial charge < -0.3 is 14.6 Å². The lowest BCUT2D eigenvalue weighted by Crippen LogP contribution is -2.30. The number of nitrogens with zero attached hydrogens (tertiary/aromatic N) is 1. The molecule has 7 nitrogen and oxygen atoms in total. The average molecular weight is 329 g/mol. The van der Waals surface area contributed by atoms with Gasteiger partial charge in [-0.15, -0.1) is 0 Å². The summed E-state index contributed by atoms with van der Waals surface area (Å²) in [5.41, 5.74) is 0. The van der Waals surface area contributed by atoms with Gasteiger partial charge in [0.2, 0.25) is 10.0 Å². The topological polar surface area (TPSA) is 93.1 Å². The molecule has 1 aliphatic heterocycles. The number of carboxylic acids is 1. The van der Waals surface area contributed by atoms with Crippen LogP contribution in [-0.2, 0) is 19.6 Å². The van der Waals surface area contributed by atoms with Crippen molar-refractivity contribution in [2.75, 3.05) is 33.4 Å². The molecule has 0 saturated carbocycles. The normalized spacial score (nSPS) is 19.2. The number of carbonyl (C=O) groups is 1. The van der Waals surface area contributed by atoms with Crippen LogP contribution in [0.1, 0.15) is 6.42 Å². The zero-order chi connectivity index (χ0) is 16.2. The summed E-state index contributed by atoms with van der Waals surface area (Å²) in [6.45, 7) is 1.08. The van der Waals surface area contributed by atoms with Gasteiger partial charge in [0.25, 0.3) is 0 Å². The third-order valence-electron chi connectivity index (χ3n) is 3.52. The second kappa shape index (κ2) is 7.08. The van der Waals surface area contributed by atoms with Gasteiger partial charge in [-0.3, -0.25) is 4.79 Å². The van der Waals surface area contributed by atoms with Crippen molar-refractivity contribution >= 4 is 16.0 Å². The fraction of sp³-hybridized carbons (Fsp3) is 0.500. The predicted octanol–water partition coefficient (Wildman–Crippen LogP) is 0.807. The van der Waals surface area contributed by atoms with Gasteiger partial charge in [-0.25, -0.2) is 8.42 Å². The first-order valence-corrected chi connectivity index (χ1v) is 8.34. The molecule has 1 aliphatic rings. The summed E-state index contributed by atoms with van der Waals surface area (Å²) in [5, 5.41) is 8.96. The highest BCUT2D eigenvalue weighted by atomic mass is 32.2. The molecule has 1 aromatic carbocycles. The van der Waals surface area contributed by atoms with Gasteiger partial charge in [-0.2, -0.15) is 4.31 Å². The second-order valence-electron chi connectivity index (χ2n) is 5.00. The zero-order valence-corrected chi connectivity index (χ0v) is 13.1. The molecule has 1 atom stereocenters. The molecule has 0 radical (unpaired) electrons. The van der Waals surface area contributed by atoms with Gasteiger partial charge >= 0.3 is 5.97 Å². The Morgan fingerprint density at radius 1 is 1.32 bits per heavy atom. The molecule has 0 aromatic heterocycles. The first-order chi connectivity index (χ1) is 10.4. The van der Waals surface area contributed by atoms with Crippen molar-refractivity contribution in [3.05, 3.63) is 24.3 Å². The fourth-order valence-electron chi connectivity index (χ4n) is 2.25. The second-order valence-corrected chi connectivity index (χ2v) is 6.94. The Bertz CT molecular complexity index is 613. The predicted molar refractivity (Wildman–Crippen MR) is 78.3 cm³/mol. The summed E-state index contributed by atoms with van der Waals surface area (Å²) in [6.07, 6.45) is 0.340. The van der Waals surface area contributed by atoms with Crippen LogP contribution >= 0.6 is 0 Å². The van der Waals surface area contributed by atoms with Crippen LogP contribution in [0.2, 0.25) is 0 Å². The molecule has 1 heterocycles. The van der Waals surface area contributed by atoms with Crippen LogP contribution in [0.25, 0.3) is 0 Å². The van der Waals surface area contributed by atoms with Crippen LogP contribution in [0.5, 0.6) is 5.75 Å². The summed E-state index contributed by atoms with van der Waals surface area (Å²) in [4.78, 5) is 11.1. The van der Waals surface area contributed by atoms with Crippen molar-refractivity contribution in [1.29, 1.82) is 0 Å². The van der Waals surface area contributed by atoms with Crippen molar-refractivity contribution in [3.8, 4) is 5.75 Å². The SMILES string of the molecule is COCCOc1ccc(S(=O)(=O)N2CCC(C(=O)O)C2)cc1. The molecule has 1 saturated heterocycles. The maximum absolute atomic E-state index is 12.4. The molecular weight excluding hydrogens is 310 g/mol. The van der Waals surface area contributed by atoms with Crippen molar-refractivity contribution in [1.82, 2.24) is 4.31 Å². The lowest BCUT2D eigenvalue weighted by Gasteiger charge is -2.16. The number of aliphatic carboxylic acids is 1. The molecular formula is C14H19NO6S. The Hall–Kier alpha value is -1.64. The maximum Gasteiger partial charge on any atom is 0.307 e. The van der Waals surface area contributed by atoms with E-state index in [1.165, 1.54) is 16.4 Å². The first kappa shape index (κ1) is 16.7. The zero-order valence-electron chi connectivity index (χ0n) is 12.3. The Morgan fingerprint density at radius 3 is 2.55 bits per heavy atom. The van der Waals surface area contributed by atoms with Crippen LogP contribution in [0.4, 0.5) is 0 Å². The smallest absolute Gasteiger partial charge is 0.307 e. The highest BCUT2D eigenvalue weighted by Crippen LogP contribution is 2.25. The maximum atomic E-state index is 12.4. The Morgan fingerprint density at radius 2 is 2.00 bits per heavy atom. The lowest BCUT2D eigenvalue weighted by molar-refractivity contribution is -0.141. The minimum Gasteiger partial charge on any atom is -0.491 e. The monoisotopic (exact) mass is 329 g/mol. The van der Waals surface area contributed by atoms with E-state index in [9.17, 15) is 13.2 Å². The number of carboxylic acid groups (broad SMARTS) is 1. The van der Waals surface area contributed by atoms with Gasteiger partial charge in [0.05, 0.1) is 17.4 Å². The quantitative estimate of drug-likeness (QED) is 0.744. The highest BCUT2D eigenvalue weighted by Gasteiger charge is 2.35. The molecule has 2 rings (SSSR count). The largest absolute Gasteiger partial charge is 0.491 e. The van der Waals surface area contributed by atoms with E-state index in [0.29, 0.717) is 25.4 Å². The highest BCUT2D eigenvalue weighted by molar-refractivity contribution is 7.89. The molecule has 0 aliphatic carbocycles. The number of benzene rings is 1. The fourth-order valence-corrected chi connectivity index (χ4v) is 3.75. The number of hydrogen-bond donors (Lipinski definition) is 1. The molecule has 22 heavy (non-hydrogen) atoms. The summed E-state index contributed by atoms with van der Waals surface area (Å²) in [5.74, 6) is -1.04. The Labute approximate surface area is 129 Å². The molecule has 1 unspecified atom stereocenters. The van der Waals surface area contributed by atoms with E-state index in [1.54, 1.807) is 19.2 Å². The molecule has 0 spiro atoms.